The van der Waals surface area contributed by atoms with Gasteiger partial charge in [0.1, 0.15) is 5.75 Å². The molecule has 7 heteroatoms. The van der Waals surface area contributed by atoms with Crippen LogP contribution in [-0.4, -0.2) is 22.7 Å². The Morgan fingerprint density at radius 3 is 2.63 bits per heavy atom. The Labute approximate surface area is 183 Å². The van der Waals surface area contributed by atoms with Crippen LogP contribution in [0.25, 0.3) is 10.9 Å². The van der Waals surface area contributed by atoms with E-state index in [1.54, 1.807) is 31.6 Å². The highest BCUT2D eigenvalue weighted by Crippen LogP contribution is 2.31. The van der Waals surface area contributed by atoms with Crippen LogP contribution in [0.5, 0.6) is 5.75 Å². The molecule has 4 rings (SSSR count). The van der Waals surface area contributed by atoms with E-state index >= 15 is 0 Å². The van der Waals surface area contributed by atoms with E-state index in [4.69, 9.17) is 4.74 Å². The number of methoxy groups -OCH3 is 1. The molecule has 0 bridgehead atoms. The molecular weight excluding hydrogens is 444 g/mol. The first-order chi connectivity index (χ1) is 14.5. The molecule has 152 valence electrons. The van der Waals surface area contributed by atoms with E-state index in [9.17, 15) is 4.79 Å². The quantitative estimate of drug-likeness (QED) is 0.391. The van der Waals surface area contributed by atoms with Gasteiger partial charge in [-0.15, -0.1) is 0 Å². The first kappa shape index (κ1) is 20.0. The average molecular weight is 465 g/mol. The van der Waals surface area contributed by atoms with Gasteiger partial charge in [-0.05, 0) is 60.5 Å². The number of hydrogen-bond donors (Lipinski definition) is 2. The van der Waals surface area contributed by atoms with Gasteiger partial charge < -0.3 is 19.9 Å². The number of carbonyl (C=O) groups is 1. The van der Waals surface area contributed by atoms with Crippen molar-refractivity contribution in [3.63, 3.8) is 0 Å². The molecule has 0 aliphatic rings. The van der Waals surface area contributed by atoms with Gasteiger partial charge in [0.15, 0.2) is 0 Å². The Kier molecular flexibility index (Phi) is 5.72. The molecule has 0 aliphatic heterocycles. The normalized spacial score (nSPS) is 10.8. The SMILES string of the molecule is COc1ccc(Br)cc1NC(=O)Nc1cccc2c1c(C)cn2Cc1ccncc1. The molecular formula is C23H21BrN4O2. The molecule has 2 amide bonds. The summed E-state index contributed by atoms with van der Waals surface area (Å²) in [5.74, 6) is 0.589. The number of aromatic nitrogens is 2. The molecule has 2 heterocycles. The number of benzene rings is 2. The van der Waals surface area contributed by atoms with Crippen molar-refractivity contribution in [2.45, 2.75) is 13.5 Å². The number of carbonyl (C=O) groups excluding carboxylic acids is 1. The van der Waals surface area contributed by atoms with Crippen LogP contribution >= 0.6 is 15.9 Å². The Bertz CT molecular complexity index is 1200. The number of urea groups is 1. The molecule has 0 atom stereocenters. The number of hydrogen-bond acceptors (Lipinski definition) is 3. The van der Waals surface area contributed by atoms with E-state index < -0.39 is 0 Å². The van der Waals surface area contributed by atoms with Gasteiger partial charge >= 0.3 is 6.03 Å². The van der Waals surface area contributed by atoms with E-state index in [1.807, 2.05) is 37.3 Å². The van der Waals surface area contributed by atoms with Crippen LogP contribution in [0.4, 0.5) is 16.2 Å². The van der Waals surface area contributed by atoms with Crippen LogP contribution in [0.2, 0.25) is 0 Å². The maximum absolute atomic E-state index is 12.7. The van der Waals surface area contributed by atoms with Gasteiger partial charge in [-0.2, -0.15) is 0 Å². The minimum atomic E-state index is -0.333. The smallest absolute Gasteiger partial charge is 0.323 e. The minimum absolute atomic E-state index is 0.333. The van der Waals surface area contributed by atoms with Crippen molar-refractivity contribution >= 4 is 44.2 Å². The third-order valence-corrected chi connectivity index (χ3v) is 5.35. The highest BCUT2D eigenvalue weighted by Gasteiger charge is 2.14. The highest BCUT2D eigenvalue weighted by molar-refractivity contribution is 9.10. The standard InChI is InChI=1S/C23H21BrN4O2/c1-15-13-28(14-16-8-10-25-11-9-16)20-5-3-4-18(22(15)20)26-23(29)27-19-12-17(24)6-7-21(19)30-2/h3-13H,14H2,1-2H3,(H2,26,27,29). The van der Waals surface area contributed by atoms with Crippen LogP contribution in [0.3, 0.4) is 0 Å². The fourth-order valence-corrected chi connectivity index (χ4v) is 3.90. The molecule has 2 aromatic heterocycles. The zero-order chi connectivity index (χ0) is 21.1. The van der Waals surface area contributed by atoms with E-state index in [0.29, 0.717) is 11.4 Å². The van der Waals surface area contributed by atoms with Crippen molar-refractivity contribution in [3.05, 3.63) is 82.7 Å². The number of anilines is 2. The molecule has 0 spiro atoms. The van der Waals surface area contributed by atoms with Gasteiger partial charge in [0.05, 0.1) is 24.0 Å². The Balaban J connectivity index is 1.60. The van der Waals surface area contributed by atoms with Gasteiger partial charge in [-0.1, -0.05) is 22.0 Å². The molecule has 0 saturated heterocycles. The van der Waals surface area contributed by atoms with Crippen LogP contribution in [0.15, 0.2) is 71.6 Å². The second-order valence-corrected chi connectivity index (χ2v) is 7.83. The van der Waals surface area contributed by atoms with Gasteiger partial charge in [-0.25, -0.2) is 4.79 Å². The van der Waals surface area contributed by atoms with Crippen molar-refractivity contribution < 1.29 is 9.53 Å². The maximum Gasteiger partial charge on any atom is 0.323 e. The number of halogens is 1. The van der Waals surface area contributed by atoms with Crippen LogP contribution in [-0.2, 0) is 6.54 Å². The zero-order valence-corrected chi connectivity index (χ0v) is 18.2. The number of fused-ring (bicyclic) bond motifs is 1. The second-order valence-electron chi connectivity index (χ2n) is 6.92. The van der Waals surface area contributed by atoms with Crippen molar-refractivity contribution in [1.29, 1.82) is 0 Å². The number of nitrogens with zero attached hydrogens (tertiary/aromatic N) is 2. The summed E-state index contributed by atoms with van der Waals surface area (Å²) in [5, 5.41) is 6.86. The lowest BCUT2D eigenvalue weighted by atomic mass is 10.1. The summed E-state index contributed by atoms with van der Waals surface area (Å²) in [6, 6.07) is 15.0. The third kappa shape index (κ3) is 4.16. The first-order valence-corrected chi connectivity index (χ1v) is 10.2. The lowest BCUT2D eigenvalue weighted by Gasteiger charge is -2.13. The van der Waals surface area contributed by atoms with E-state index in [2.05, 4.69) is 48.4 Å². The van der Waals surface area contributed by atoms with E-state index in [-0.39, 0.29) is 6.03 Å². The van der Waals surface area contributed by atoms with Gasteiger partial charge in [0, 0.05) is 35.0 Å². The predicted octanol–water partition coefficient (Wildman–Crippen LogP) is 5.81. The van der Waals surface area contributed by atoms with Crippen LogP contribution in [0.1, 0.15) is 11.1 Å². The predicted molar refractivity (Wildman–Crippen MR) is 123 cm³/mol. The molecule has 0 unspecified atom stereocenters. The van der Waals surface area contributed by atoms with Crippen molar-refractivity contribution in [2.75, 3.05) is 17.7 Å². The zero-order valence-electron chi connectivity index (χ0n) is 16.6. The molecule has 0 aliphatic carbocycles. The van der Waals surface area contributed by atoms with Gasteiger partial charge in [0.25, 0.3) is 0 Å². The van der Waals surface area contributed by atoms with Gasteiger partial charge in [-0.3, -0.25) is 4.98 Å². The minimum Gasteiger partial charge on any atom is -0.495 e. The van der Waals surface area contributed by atoms with Crippen LogP contribution in [0, 0.1) is 6.92 Å². The van der Waals surface area contributed by atoms with E-state index in [1.165, 1.54) is 5.56 Å². The average Bonchev–Trinajstić information content (AvgIpc) is 3.05. The van der Waals surface area contributed by atoms with Gasteiger partial charge in [0.2, 0.25) is 0 Å². The summed E-state index contributed by atoms with van der Waals surface area (Å²) in [6.07, 6.45) is 5.69. The highest BCUT2D eigenvalue weighted by atomic mass is 79.9. The first-order valence-electron chi connectivity index (χ1n) is 9.44. The lowest BCUT2D eigenvalue weighted by Crippen LogP contribution is -2.20. The number of nitrogens with one attached hydrogen (secondary N) is 2. The topological polar surface area (TPSA) is 68.2 Å². The molecule has 4 aromatic rings. The molecule has 2 N–H and O–H groups in total. The van der Waals surface area contributed by atoms with Crippen LogP contribution < -0.4 is 15.4 Å². The number of pyridine rings is 1. The van der Waals surface area contributed by atoms with Crippen molar-refractivity contribution in [3.8, 4) is 5.75 Å². The fraction of sp³-hybridized carbons (Fsp3) is 0.130. The molecule has 30 heavy (non-hydrogen) atoms. The van der Waals surface area contributed by atoms with Crippen molar-refractivity contribution in [1.82, 2.24) is 9.55 Å². The Morgan fingerprint density at radius 2 is 1.87 bits per heavy atom. The number of rotatable bonds is 5. The summed E-state index contributed by atoms with van der Waals surface area (Å²) in [6.45, 7) is 2.78. The molecule has 0 saturated carbocycles. The fourth-order valence-electron chi connectivity index (χ4n) is 3.54. The van der Waals surface area contributed by atoms with E-state index in [0.717, 1.165) is 33.2 Å². The monoisotopic (exact) mass is 464 g/mol. The Morgan fingerprint density at radius 1 is 1.10 bits per heavy atom. The van der Waals surface area contributed by atoms with Crippen molar-refractivity contribution in [2.24, 2.45) is 0 Å². The largest absolute Gasteiger partial charge is 0.495 e. The number of ether oxygens (including phenoxy) is 1. The summed E-state index contributed by atoms with van der Waals surface area (Å²) >= 11 is 3.42. The molecule has 6 nitrogen and oxygen atoms in total. The third-order valence-electron chi connectivity index (χ3n) is 4.86. The Hall–Kier alpha value is -3.32. The summed E-state index contributed by atoms with van der Waals surface area (Å²) < 4.78 is 8.36. The summed E-state index contributed by atoms with van der Waals surface area (Å²) in [5.41, 5.74) is 4.66. The summed E-state index contributed by atoms with van der Waals surface area (Å²) in [4.78, 5) is 16.8. The second kappa shape index (κ2) is 8.59. The molecule has 2 aromatic carbocycles. The molecule has 0 fully saturated rings. The lowest BCUT2D eigenvalue weighted by molar-refractivity contribution is 0.262. The summed E-state index contributed by atoms with van der Waals surface area (Å²) in [7, 11) is 1.57. The maximum atomic E-state index is 12.7. The number of aryl methyl sites for hydroxylation is 1. The molecule has 0 radical (unpaired) electrons. The number of amides is 2.